The molecule has 0 saturated carbocycles. The number of hydrogen-bond donors (Lipinski definition) is 3. The summed E-state index contributed by atoms with van der Waals surface area (Å²) in [5, 5.41) is 23.0. The first-order valence-corrected chi connectivity index (χ1v) is 28.6. The summed E-state index contributed by atoms with van der Waals surface area (Å²) in [4.78, 5) is 24.5. The third kappa shape index (κ3) is 49.8. The zero-order valence-electron chi connectivity index (χ0n) is 43.0. The van der Waals surface area contributed by atoms with Crippen LogP contribution in [0.1, 0.15) is 309 Å². The molecule has 0 rings (SSSR count). The minimum atomic E-state index is -0.853. The average molecular weight is 903 g/mol. The molecule has 0 aliphatic carbocycles. The summed E-state index contributed by atoms with van der Waals surface area (Å²) in [5.74, 6) is -0.0893. The SMILES string of the molecule is CCCCCCCCCCCCC/C=C/C(O)C(CO)NC(=O)CCCCCCCCC/C=C\CCCCCCOC(=O)CCCCCCCCCCCCCCCCCCCCC. The highest BCUT2D eigenvalue weighted by Crippen LogP contribution is 2.17. The Labute approximate surface area is 399 Å². The largest absolute Gasteiger partial charge is 0.466 e. The third-order valence-corrected chi connectivity index (χ3v) is 13.2. The molecule has 1 amide bonds. The Morgan fingerprint density at radius 1 is 0.422 bits per heavy atom. The van der Waals surface area contributed by atoms with E-state index in [1.165, 1.54) is 212 Å². The van der Waals surface area contributed by atoms with Gasteiger partial charge < -0.3 is 20.3 Å². The number of rotatable bonds is 53. The van der Waals surface area contributed by atoms with Crippen LogP contribution in [0.2, 0.25) is 0 Å². The minimum Gasteiger partial charge on any atom is -0.466 e. The number of hydrogen-bond acceptors (Lipinski definition) is 5. The van der Waals surface area contributed by atoms with Gasteiger partial charge in [0.25, 0.3) is 0 Å². The molecular formula is C58H111NO5. The number of allylic oxidation sites excluding steroid dienone is 3. The Kier molecular flexibility index (Phi) is 52.6. The Morgan fingerprint density at radius 3 is 1.11 bits per heavy atom. The Hall–Kier alpha value is -1.66. The molecule has 2 atom stereocenters. The van der Waals surface area contributed by atoms with E-state index in [9.17, 15) is 19.8 Å². The minimum absolute atomic E-state index is 0.00649. The van der Waals surface area contributed by atoms with E-state index in [1.807, 2.05) is 6.08 Å². The number of aliphatic hydroxyl groups excluding tert-OH is 2. The molecule has 0 radical (unpaired) electrons. The first-order valence-electron chi connectivity index (χ1n) is 28.6. The highest BCUT2D eigenvalue weighted by atomic mass is 16.5. The fourth-order valence-corrected chi connectivity index (χ4v) is 8.81. The van der Waals surface area contributed by atoms with E-state index >= 15 is 0 Å². The van der Waals surface area contributed by atoms with Crippen LogP contribution < -0.4 is 5.32 Å². The van der Waals surface area contributed by atoms with Gasteiger partial charge >= 0.3 is 5.97 Å². The molecule has 0 bridgehead atoms. The van der Waals surface area contributed by atoms with E-state index in [2.05, 4.69) is 31.3 Å². The topological polar surface area (TPSA) is 95.9 Å². The van der Waals surface area contributed by atoms with Crippen LogP contribution in [0.25, 0.3) is 0 Å². The number of carbonyl (C=O) groups is 2. The lowest BCUT2D eigenvalue weighted by Crippen LogP contribution is -2.45. The number of esters is 1. The van der Waals surface area contributed by atoms with Gasteiger partial charge in [-0.05, 0) is 57.8 Å². The molecular weight excluding hydrogens is 791 g/mol. The molecule has 2 unspecified atom stereocenters. The van der Waals surface area contributed by atoms with Crippen LogP contribution in [0.15, 0.2) is 24.3 Å². The van der Waals surface area contributed by atoms with Crippen molar-refractivity contribution in [2.45, 2.75) is 321 Å². The standard InChI is InChI=1S/C58H111NO5/c1-3-5-7-9-11-13-15-17-18-19-20-21-24-28-32-36-40-44-48-52-58(63)64-53-49-45-41-37-33-29-25-22-23-27-31-35-39-43-47-51-57(62)59-55(54-60)56(61)50-46-42-38-34-30-26-16-14-12-10-8-6-4-2/h25,29,46,50,55-56,60-61H,3-24,26-28,30-45,47-49,51-54H2,1-2H3,(H,59,62)/b29-25-,50-46+. The predicted molar refractivity (Wildman–Crippen MR) is 278 cm³/mol. The maximum atomic E-state index is 12.4. The molecule has 0 fully saturated rings. The van der Waals surface area contributed by atoms with Crippen LogP contribution in [-0.2, 0) is 14.3 Å². The summed E-state index contributed by atoms with van der Waals surface area (Å²) in [6.07, 6.45) is 64.8. The molecule has 0 aliphatic heterocycles. The Balaban J connectivity index is 3.46. The van der Waals surface area contributed by atoms with Crippen molar-refractivity contribution in [1.29, 1.82) is 0 Å². The van der Waals surface area contributed by atoms with Crippen molar-refractivity contribution >= 4 is 11.9 Å². The number of unbranched alkanes of at least 4 members (excludes halogenated alkanes) is 40. The monoisotopic (exact) mass is 902 g/mol. The fraction of sp³-hybridized carbons (Fsp3) is 0.897. The second-order valence-corrected chi connectivity index (χ2v) is 19.6. The van der Waals surface area contributed by atoms with E-state index in [-0.39, 0.29) is 18.5 Å². The second kappa shape index (κ2) is 54.0. The second-order valence-electron chi connectivity index (χ2n) is 19.6. The van der Waals surface area contributed by atoms with Crippen molar-refractivity contribution in [1.82, 2.24) is 5.32 Å². The van der Waals surface area contributed by atoms with Gasteiger partial charge in [0.1, 0.15) is 0 Å². The summed E-state index contributed by atoms with van der Waals surface area (Å²) in [5.41, 5.74) is 0. The normalized spacial score (nSPS) is 12.8. The van der Waals surface area contributed by atoms with Gasteiger partial charge in [-0.25, -0.2) is 0 Å². The van der Waals surface area contributed by atoms with Crippen LogP contribution in [-0.4, -0.2) is 47.4 Å². The number of nitrogens with one attached hydrogen (secondary N) is 1. The molecule has 3 N–H and O–H groups in total. The van der Waals surface area contributed by atoms with Gasteiger partial charge in [0.2, 0.25) is 5.91 Å². The van der Waals surface area contributed by atoms with Crippen LogP contribution in [0.4, 0.5) is 0 Å². The number of aliphatic hydroxyl groups is 2. The van der Waals surface area contributed by atoms with E-state index in [0.717, 1.165) is 70.6 Å². The van der Waals surface area contributed by atoms with E-state index in [4.69, 9.17) is 4.74 Å². The maximum absolute atomic E-state index is 12.4. The van der Waals surface area contributed by atoms with Crippen molar-refractivity contribution in [3.63, 3.8) is 0 Å². The fourth-order valence-electron chi connectivity index (χ4n) is 8.81. The molecule has 378 valence electrons. The van der Waals surface area contributed by atoms with E-state index < -0.39 is 12.1 Å². The third-order valence-electron chi connectivity index (χ3n) is 13.2. The van der Waals surface area contributed by atoms with Crippen molar-refractivity contribution in [2.75, 3.05) is 13.2 Å². The van der Waals surface area contributed by atoms with Crippen molar-refractivity contribution < 1.29 is 24.5 Å². The maximum Gasteiger partial charge on any atom is 0.305 e. The van der Waals surface area contributed by atoms with Crippen molar-refractivity contribution in [3.05, 3.63) is 24.3 Å². The smallest absolute Gasteiger partial charge is 0.305 e. The average Bonchev–Trinajstić information content (AvgIpc) is 3.29. The lowest BCUT2D eigenvalue weighted by molar-refractivity contribution is -0.143. The number of ether oxygens (including phenoxy) is 1. The molecule has 0 aliphatic rings. The van der Waals surface area contributed by atoms with Gasteiger partial charge in [-0.2, -0.15) is 0 Å². The summed E-state index contributed by atoms with van der Waals surface area (Å²) in [6, 6.07) is -0.638. The molecule has 64 heavy (non-hydrogen) atoms. The molecule has 6 heteroatoms. The quantitative estimate of drug-likeness (QED) is 0.0321. The number of amides is 1. The first kappa shape index (κ1) is 62.3. The van der Waals surface area contributed by atoms with Crippen LogP contribution in [0.3, 0.4) is 0 Å². The van der Waals surface area contributed by atoms with Crippen LogP contribution >= 0.6 is 0 Å². The van der Waals surface area contributed by atoms with Gasteiger partial charge in [-0.3, -0.25) is 9.59 Å². The predicted octanol–water partition coefficient (Wildman–Crippen LogP) is 17.5. The van der Waals surface area contributed by atoms with E-state index in [1.54, 1.807) is 6.08 Å². The lowest BCUT2D eigenvalue weighted by atomic mass is 10.0. The Bertz CT molecular complexity index is 997. The number of carbonyl (C=O) groups excluding carboxylic acids is 2. The molecule has 0 spiro atoms. The first-order chi connectivity index (χ1) is 31.5. The van der Waals surface area contributed by atoms with Gasteiger partial charge in [0.05, 0.1) is 25.4 Å². The van der Waals surface area contributed by atoms with Crippen molar-refractivity contribution in [2.24, 2.45) is 0 Å². The zero-order valence-corrected chi connectivity index (χ0v) is 43.0. The van der Waals surface area contributed by atoms with Gasteiger partial charge in [-0.1, -0.05) is 263 Å². The summed E-state index contributed by atoms with van der Waals surface area (Å²) < 4.78 is 5.48. The van der Waals surface area contributed by atoms with Gasteiger partial charge in [0, 0.05) is 12.8 Å². The molecule has 0 aromatic carbocycles. The highest BCUT2D eigenvalue weighted by molar-refractivity contribution is 5.76. The highest BCUT2D eigenvalue weighted by Gasteiger charge is 2.18. The zero-order chi connectivity index (χ0) is 46.5. The summed E-state index contributed by atoms with van der Waals surface area (Å²) in [7, 11) is 0. The molecule has 6 nitrogen and oxygen atoms in total. The molecule has 0 aromatic heterocycles. The summed E-state index contributed by atoms with van der Waals surface area (Å²) >= 11 is 0. The molecule has 0 saturated heterocycles. The molecule has 0 aromatic rings. The lowest BCUT2D eigenvalue weighted by Gasteiger charge is -2.20. The summed E-state index contributed by atoms with van der Waals surface area (Å²) in [6.45, 7) is 4.88. The van der Waals surface area contributed by atoms with Gasteiger partial charge in [-0.15, -0.1) is 0 Å². The Morgan fingerprint density at radius 2 is 0.734 bits per heavy atom. The van der Waals surface area contributed by atoms with E-state index in [0.29, 0.717) is 19.4 Å². The van der Waals surface area contributed by atoms with Crippen molar-refractivity contribution in [3.8, 4) is 0 Å². The van der Waals surface area contributed by atoms with Crippen LogP contribution in [0, 0.1) is 0 Å². The van der Waals surface area contributed by atoms with Crippen LogP contribution in [0.5, 0.6) is 0 Å². The molecule has 0 heterocycles. The van der Waals surface area contributed by atoms with Gasteiger partial charge in [0.15, 0.2) is 0 Å².